The number of carbonyl (C=O) groups excluding carboxylic acids is 1. The smallest absolute Gasteiger partial charge is 0.354 e. The Labute approximate surface area is 171 Å². The number of ether oxygens (including phenoxy) is 1. The van der Waals surface area contributed by atoms with Gasteiger partial charge in [-0.2, -0.15) is 0 Å². The van der Waals surface area contributed by atoms with Crippen molar-refractivity contribution in [1.29, 1.82) is 0 Å². The number of aliphatic carboxylic acids is 1. The zero-order valence-corrected chi connectivity index (χ0v) is 16.2. The second-order valence-corrected chi connectivity index (χ2v) is 8.40. The van der Waals surface area contributed by atoms with E-state index in [1.54, 1.807) is 0 Å². The summed E-state index contributed by atoms with van der Waals surface area (Å²) in [7, 11) is -4.68. The summed E-state index contributed by atoms with van der Waals surface area (Å²) in [6.45, 7) is 0. The third-order valence-electron chi connectivity index (χ3n) is 4.28. The molecule has 0 fully saturated rings. The van der Waals surface area contributed by atoms with Crippen LogP contribution in [-0.4, -0.2) is 40.5 Å². The zero-order chi connectivity index (χ0) is 21.8. The number of amides is 1. The van der Waals surface area contributed by atoms with Crippen LogP contribution in [0.25, 0.3) is 10.9 Å². The Morgan fingerprint density at radius 3 is 2.57 bits per heavy atom. The minimum atomic E-state index is -4.68. The number of nitrogens with one attached hydrogen (secondary N) is 2. The Bertz CT molecular complexity index is 1470. The van der Waals surface area contributed by atoms with Gasteiger partial charge in [-0.3, -0.25) is 9.59 Å². The van der Waals surface area contributed by atoms with Crippen molar-refractivity contribution in [2.75, 3.05) is 5.32 Å². The molecule has 30 heavy (non-hydrogen) atoms. The van der Waals surface area contributed by atoms with Crippen molar-refractivity contribution in [3.8, 4) is 5.75 Å². The Kier molecular flexibility index (Phi) is 4.40. The number of carboxylic acids is 1. The molecule has 0 saturated heterocycles. The summed E-state index contributed by atoms with van der Waals surface area (Å²) in [5, 5.41) is 11.3. The average Bonchev–Trinajstić information content (AvgIpc) is 2.66. The molecule has 1 aliphatic rings. The summed E-state index contributed by atoms with van der Waals surface area (Å²) < 4.78 is 31.1. The van der Waals surface area contributed by atoms with Crippen LogP contribution in [0.3, 0.4) is 0 Å². The summed E-state index contributed by atoms with van der Waals surface area (Å²) in [4.78, 5) is 49.7. The van der Waals surface area contributed by atoms with Gasteiger partial charge in [0, 0.05) is 5.02 Å². The maximum atomic E-state index is 13.0. The molecule has 11 nitrogen and oxygen atoms in total. The molecule has 1 unspecified atom stereocenters. The normalized spacial score (nSPS) is 15.9. The number of nitrogens with zero attached hydrogens (tertiary/aromatic N) is 1. The molecule has 1 aliphatic heterocycles. The van der Waals surface area contributed by atoms with Crippen molar-refractivity contribution < 1.29 is 27.9 Å². The second-order valence-electron chi connectivity index (χ2n) is 6.18. The molecule has 1 aromatic heterocycles. The molecular formula is C17H10ClN3O8S. The van der Waals surface area contributed by atoms with Gasteiger partial charge in [0.05, 0.1) is 21.5 Å². The van der Waals surface area contributed by atoms with Gasteiger partial charge in [-0.05, 0) is 36.4 Å². The molecule has 0 radical (unpaired) electrons. The summed E-state index contributed by atoms with van der Waals surface area (Å²) in [6, 6.07) is 7.03. The van der Waals surface area contributed by atoms with E-state index in [4.69, 9.17) is 21.4 Å². The predicted octanol–water partition coefficient (Wildman–Crippen LogP) is 0.364. The monoisotopic (exact) mass is 451 g/mol. The molecule has 1 atom stereocenters. The van der Waals surface area contributed by atoms with Gasteiger partial charge in [0.25, 0.3) is 27.6 Å². The number of anilines is 1. The van der Waals surface area contributed by atoms with Crippen molar-refractivity contribution >= 4 is 50.1 Å². The highest BCUT2D eigenvalue weighted by Crippen LogP contribution is 2.32. The number of aromatic amines is 1. The predicted molar refractivity (Wildman–Crippen MR) is 104 cm³/mol. The van der Waals surface area contributed by atoms with Gasteiger partial charge in [0.15, 0.2) is 0 Å². The van der Waals surface area contributed by atoms with Gasteiger partial charge in [0.2, 0.25) is 0 Å². The fourth-order valence-electron chi connectivity index (χ4n) is 2.91. The molecule has 154 valence electrons. The van der Waals surface area contributed by atoms with Crippen molar-refractivity contribution in [3.05, 3.63) is 62.3 Å². The molecule has 3 N–H and O–H groups in total. The van der Waals surface area contributed by atoms with Crippen LogP contribution < -0.4 is 21.3 Å². The van der Waals surface area contributed by atoms with Crippen molar-refractivity contribution in [1.82, 2.24) is 8.96 Å². The lowest BCUT2D eigenvalue weighted by Crippen LogP contribution is -2.43. The van der Waals surface area contributed by atoms with Gasteiger partial charge >= 0.3 is 11.7 Å². The maximum Gasteiger partial charge on any atom is 0.354 e. The number of halogens is 1. The maximum absolute atomic E-state index is 13.0. The van der Waals surface area contributed by atoms with E-state index < -0.39 is 44.1 Å². The van der Waals surface area contributed by atoms with Crippen molar-refractivity contribution in [2.24, 2.45) is 0 Å². The third-order valence-corrected chi connectivity index (χ3v) is 6.17. The highest BCUT2D eigenvalue weighted by Gasteiger charge is 2.35. The molecule has 3 aromatic rings. The largest absolute Gasteiger partial charge is 0.478 e. The van der Waals surface area contributed by atoms with Gasteiger partial charge in [-0.15, -0.1) is 3.97 Å². The SMILES string of the molecule is O=C(O)C1Oc2ccc(S(=O)(=O)n3c(=O)[nH]c4cc(Cl)ccc4c3=O)cc2NC1=O. The van der Waals surface area contributed by atoms with E-state index in [2.05, 4.69) is 10.3 Å². The number of benzene rings is 2. The number of fused-ring (bicyclic) bond motifs is 2. The first-order chi connectivity index (χ1) is 14.1. The molecule has 2 aromatic carbocycles. The molecule has 0 bridgehead atoms. The lowest BCUT2D eigenvalue weighted by molar-refractivity contribution is -0.149. The minimum absolute atomic E-state index is 0.0521. The fraction of sp³-hybridized carbons (Fsp3) is 0.0588. The number of carboxylic acid groups (broad SMARTS) is 1. The van der Waals surface area contributed by atoms with E-state index in [0.29, 0.717) is 0 Å². The molecular weight excluding hydrogens is 442 g/mol. The van der Waals surface area contributed by atoms with E-state index in [0.717, 1.165) is 18.2 Å². The van der Waals surface area contributed by atoms with E-state index in [-0.39, 0.29) is 31.3 Å². The van der Waals surface area contributed by atoms with Crippen LogP contribution in [0.2, 0.25) is 5.02 Å². The lowest BCUT2D eigenvalue weighted by atomic mass is 10.2. The number of hydrogen-bond donors (Lipinski definition) is 3. The summed E-state index contributed by atoms with van der Waals surface area (Å²) in [5.74, 6) is -2.62. The lowest BCUT2D eigenvalue weighted by Gasteiger charge is -2.23. The standard InChI is InChI=1S/C17H10ClN3O8S/c18-7-1-3-9-10(5-7)20-17(26)21(15(9)23)30(27,28)8-2-4-12-11(6-8)19-14(22)13(29-12)16(24)25/h1-6,13H,(H,19,22)(H,20,26)(H,24,25). The molecule has 4 rings (SSSR count). The van der Waals surface area contributed by atoms with Gasteiger partial charge in [-0.1, -0.05) is 11.6 Å². The van der Waals surface area contributed by atoms with Crippen molar-refractivity contribution in [3.63, 3.8) is 0 Å². The Balaban J connectivity index is 1.86. The van der Waals surface area contributed by atoms with E-state index >= 15 is 0 Å². The van der Waals surface area contributed by atoms with Crippen LogP contribution in [0.5, 0.6) is 5.75 Å². The summed E-state index contributed by atoms with van der Waals surface area (Å²) in [5.41, 5.74) is -2.36. The Hall–Kier alpha value is -3.64. The molecule has 0 spiro atoms. The van der Waals surface area contributed by atoms with E-state index in [1.807, 2.05) is 0 Å². The average molecular weight is 452 g/mol. The van der Waals surface area contributed by atoms with Crippen LogP contribution in [0.15, 0.2) is 50.9 Å². The third kappa shape index (κ3) is 3.02. The molecule has 0 aliphatic carbocycles. The molecule has 0 saturated carbocycles. The summed E-state index contributed by atoms with van der Waals surface area (Å²) in [6.07, 6.45) is -1.79. The Morgan fingerprint density at radius 2 is 1.87 bits per heavy atom. The Morgan fingerprint density at radius 1 is 1.13 bits per heavy atom. The first kappa shape index (κ1) is 19.7. The fourth-order valence-corrected chi connectivity index (χ4v) is 4.38. The molecule has 13 heteroatoms. The molecule has 1 amide bonds. The topological polar surface area (TPSA) is 165 Å². The molecule has 2 heterocycles. The van der Waals surface area contributed by atoms with Crippen LogP contribution in [-0.2, 0) is 19.6 Å². The second kappa shape index (κ2) is 6.71. The number of H-pyrrole nitrogens is 1. The minimum Gasteiger partial charge on any atom is -0.478 e. The number of carbonyl (C=O) groups is 2. The zero-order valence-electron chi connectivity index (χ0n) is 14.6. The number of hydrogen-bond acceptors (Lipinski definition) is 7. The highest BCUT2D eigenvalue weighted by molar-refractivity contribution is 7.90. The van der Waals surface area contributed by atoms with Crippen LogP contribution >= 0.6 is 11.6 Å². The highest BCUT2D eigenvalue weighted by atomic mass is 35.5. The van der Waals surface area contributed by atoms with Gasteiger partial charge in [0.1, 0.15) is 5.75 Å². The first-order valence-electron chi connectivity index (χ1n) is 8.14. The number of aromatic nitrogens is 2. The van der Waals surface area contributed by atoms with Crippen LogP contribution in [0.1, 0.15) is 0 Å². The van der Waals surface area contributed by atoms with E-state index in [9.17, 15) is 27.6 Å². The van der Waals surface area contributed by atoms with Crippen LogP contribution in [0, 0.1) is 0 Å². The van der Waals surface area contributed by atoms with Crippen molar-refractivity contribution in [2.45, 2.75) is 11.0 Å². The van der Waals surface area contributed by atoms with Gasteiger partial charge in [-0.25, -0.2) is 18.0 Å². The number of rotatable bonds is 3. The quantitative estimate of drug-likeness (QED) is 0.480. The van der Waals surface area contributed by atoms with E-state index in [1.165, 1.54) is 18.2 Å². The summed E-state index contributed by atoms with van der Waals surface area (Å²) >= 11 is 5.83. The van der Waals surface area contributed by atoms with Gasteiger partial charge < -0.3 is 20.1 Å². The first-order valence-corrected chi connectivity index (χ1v) is 9.96. The van der Waals surface area contributed by atoms with Crippen LogP contribution in [0.4, 0.5) is 5.69 Å².